The first-order valence-electron chi connectivity index (χ1n) is 13.8. The third-order valence-electron chi connectivity index (χ3n) is 7.48. The topological polar surface area (TPSA) is 20.3 Å². The molecule has 0 N–H and O–H groups in total. The minimum absolute atomic E-state index is 0.325. The van der Waals surface area contributed by atoms with Gasteiger partial charge in [-0.3, -0.25) is 0 Å². The van der Waals surface area contributed by atoms with Crippen LogP contribution in [0.1, 0.15) is 16.7 Å². The van der Waals surface area contributed by atoms with Gasteiger partial charge in [0.25, 0.3) is 0 Å². The lowest BCUT2D eigenvalue weighted by Crippen LogP contribution is -2.31. The van der Waals surface area contributed by atoms with Crippen molar-refractivity contribution in [3.05, 3.63) is 168 Å². The fourth-order valence-corrected chi connectivity index (χ4v) is 9.65. The van der Waals surface area contributed by atoms with Crippen LogP contribution < -0.4 is 10.6 Å². The molecule has 4 heteroatoms. The highest BCUT2D eigenvalue weighted by Crippen LogP contribution is 2.48. The van der Waals surface area contributed by atoms with Crippen LogP contribution in [0.25, 0.3) is 0 Å². The highest BCUT2D eigenvalue weighted by atomic mass is 32.2. The summed E-state index contributed by atoms with van der Waals surface area (Å²) in [6.07, 6.45) is 0.614. The van der Waals surface area contributed by atoms with Gasteiger partial charge in [-0.25, -0.2) is 0 Å². The molecule has 0 heterocycles. The van der Waals surface area contributed by atoms with E-state index >= 15 is 0 Å². The first-order chi connectivity index (χ1) is 19.6. The highest BCUT2D eigenvalue weighted by Gasteiger charge is 2.36. The van der Waals surface area contributed by atoms with E-state index in [1.165, 1.54) is 16.7 Å². The maximum Gasteiger partial charge on any atom is 0.144 e. The summed E-state index contributed by atoms with van der Waals surface area (Å²) in [6, 6.07) is 52.5. The SMILES string of the molecule is CN(CCSC(c1ccccc1)(c1ccccc1)c1ccccc1)CCP(=O)(c1ccccc1)c1ccccc1. The minimum Gasteiger partial charge on any atom is -0.314 e. The molecule has 5 aromatic rings. The Hall–Kier alpha value is -3.36. The number of thioether (sulfide) groups is 1. The van der Waals surface area contributed by atoms with Crippen molar-refractivity contribution in [3.63, 3.8) is 0 Å². The summed E-state index contributed by atoms with van der Waals surface area (Å²) in [5.41, 5.74) is 3.83. The first-order valence-corrected chi connectivity index (χ1v) is 16.7. The molecule has 0 fully saturated rings. The van der Waals surface area contributed by atoms with Gasteiger partial charge >= 0.3 is 0 Å². The van der Waals surface area contributed by atoms with Crippen molar-refractivity contribution in [2.24, 2.45) is 0 Å². The zero-order chi connectivity index (χ0) is 27.7. The molecule has 0 bridgehead atoms. The molecule has 0 atom stereocenters. The van der Waals surface area contributed by atoms with Gasteiger partial charge in [0.15, 0.2) is 0 Å². The molecule has 0 aliphatic rings. The Morgan fingerprint density at radius 2 is 0.900 bits per heavy atom. The predicted octanol–water partition coefficient (Wildman–Crippen LogP) is 7.66. The zero-order valence-corrected chi connectivity index (χ0v) is 24.7. The molecule has 0 radical (unpaired) electrons. The van der Waals surface area contributed by atoms with Crippen LogP contribution in [0.2, 0.25) is 0 Å². The molecular formula is C36H36NOPS. The summed E-state index contributed by atoms with van der Waals surface area (Å²) in [5.74, 6) is 0.927. The Kier molecular flexibility index (Phi) is 9.39. The van der Waals surface area contributed by atoms with Crippen molar-refractivity contribution in [2.45, 2.75) is 4.75 Å². The fourth-order valence-electron chi connectivity index (χ4n) is 5.29. The Bertz CT molecular complexity index is 1360. The van der Waals surface area contributed by atoms with Crippen molar-refractivity contribution in [1.82, 2.24) is 4.90 Å². The van der Waals surface area contributed by atoms with Crippen molar-refractivity contribution in [3.8, 4) is 0 Å². The number of nitrogens with zero attached hydrogens (tertiary/aromatic N) is 1. The van der Waals surface area contributed by atoms with E-state index in [1.54, 1.807) is 0 Å². The van der Waals surface area contributed by atoms with Crippen LogP contribution >= 0.6 is 18.9 Å². The molecule has 0 aromatic heterocycles. The lowest BCUT2D eigenvalue weighted by molar-refractivity contribution is 0.377. The maximum absolute atomic E-state index is 14.5. The second-order valence-corrected chi connectivity index (χ2v) is 14.3. The maximum atomic E-state index is 14.5. The molecule has 0 amide bonds. The van der Waals surface area contributed by atoms with Gasteiger partial charge in [-0.05, 0) is 23.7 Å². The van der Waals surface area contributed by atoms with Crippen LogP contribution in [-0.2, 0) is 9.31 Å². The van der Waals surface area contributed by atoms with Gasteiger partial charge in [0.2, 0.25) is 0 Å². The van der Waals surface area contributed by atoms with Gasteiger partial charge in [-0.1, -0.05) is 152 Å². The standard InChI is InChI=1S/C36H36NOPS/c1-37(27-29-39(38,34-23-13-5-14-24-34)35-25-15-6-16-26-35)28-30-40-36(31-17-7-2-8-18-31,32-19-9-3-10-20-32)33-21-11-4-12-22-33/h2-26H,27-30H2,1H3. The summed E-state index contributed by atoms with van der Waals surface area (Å²) >= 11 is 1.97. The molecule has 2 nitrogen and oxygen atoms in total. The van der Waals surface area contributed by atoms with Crippen molar-refractivity contribution >= 4 is 29.5 Å². The normalized spacial score (nSPS) is 11.9. The molecule has 0 saturated heterocycles. The number of hydrogen-bond acceptors (Lipinski definition) is 3. The van der Waals surface area contributed by atoms with Gasteiger partial charge < -0.3 is 9.46 Å². The van der Waals surface area contributed by atoms with Crippen LogP contribution in [0, 0.1) is 0 Å². The number of benzene rings is 5. The summed E-state index contributed by atoms with van der Waals surface area (Å²) in [6.45, 7) is 1.65. The second-order valence-electron chi connectivity index (χ2n) is 10.1. The smallest absolute Gasteiger partial charge is 0.144 e. The van der Waals surface area contributed by atoms with Gasteiger partial charge in [0.05, 0.1) is 4.75 Å². The van der Waals surface area contributed by atoms with Crippen LogP contribution in [-0.4, -0.2) is 37.0 Å². The highest BCUT2D eigenvalue weighted by molar-refractivity contribution is 8.00. The van der Waals surface area contributed by atoms with Crippen molar-refractivity contribution in [2.75, 3.05) is 32.1 Å². The number of hydrogen-bond donors (Lipinski definition) is 0. The number of rotatable bonds is 12. The largest absolute Gasteiger partial charge is 0.314 e. The monoisotopic (exact) mass is 561 g/mol. The molecule has 40 heavy (non-hydrogen) atoms. The zero-order valence-electron chi connectivity index (χ0n) is 23.0. The third kappa shape index (κ3) is 6.18. The predicted molar refractivity (Wildman–Crippen MR) is 174 cm³/mol. The first kappa shape index (κ1) is 28.2. The van der Waals surface area contributed by atoms with Crippen LogP contribution in [0.3, 0.4) is 0 Å². The van der Waals surface area contributed by atoms with Crippen molar-refractivity contribution < 1.29 is 4.57 Å². The molecule has 5 aromatic carbocycles. The van der Waals surface area contributed by atoms with E-state index < -0.39 is 7.14 Å². The van der Waals surface area contributed by atoms with Crippen LogP contribution in [0.15, 0.2) is 152 Å². The molecule has 0 unspecified atom stereocenters. The van der Waals surface area contributed by atoms with Gasteiger partial charge in [0, 0.05) is 35.6 Å². The Balaban J connectivity index is 1.36. The minimum atomic E-state index is -2.73. The second kappa shape index (κ2) is 13.3. The van der Waals surface area contributed by atoms with Crippen LogP contribution in [0.5, 0.6) is 0 Å². The molecule has 202 valence electrons. The van der Waals surface area contributed by atoms with Crippen molar-refractivity contribution in [1.29, 1.82) is 0 Å². The van der Waals surface area contributed by atoms with E-state index in [0.717, 1.165) is 29.5 Å². The molecule has 0 aliphatic carbocycles. The van der Waals surface area contributed by atoms with Gasteiger partial charge in [-0.15, -0.1) is 11.8 Å². The lowest BCUT2D eigenvalue weighted by Gasteiger charge is -2.36. The Morgan fingerprint density at radius 3 is 1.27 bits per heavy atom. The lowest BCUT2D eigenvalue weighted by atomic mass is 9.84. The van der Waals surface area contributed by atoms with E-state index in [0.29, 0.717) is 6.16 Å². The third-order valence-corrected chi connectivity index (χ3v) is 12.1. The summed E-state index contributed by atoms with van der Waals surface area (Å²) in [4.78, 5) is 2.33. The summed E-state index contributed by atoms with van der Waals surface area (Å²) in [5, 5.41) is 1.86. The molecule has 0 spiro atoms. The molecule has 0 aliphatic heterocycles. The fraction of sp³-hybridized carbons (Fsp3) is 0.167. The van der Waals surface area contributed by atoms with Crippen LogP contribution in [0.4, 0.5) is 0 Å². The quantitative estimate of drug-likeness (QED) is 0.115. The Morgan fingerprint density at radius 1 is 0.550 bits per heavy atom. The average molecular weight is 562 g/mol. The van der Waals surface area contributed by atoms with E-state index in [-0.39, 0.29) is 4.75 Å². The van der Waals surface area contributed by atoms with E-state index in [4.69, 9.17) is 0 Å². The summed E-state index contributed by atoms with van der Waals surface area (Å²) in [7, 11) is -0.586. The molecule has 5 rings (SSSR count). The molecule has 0 saturated carbocycles. The van der Waals surface area contributed by atoms with Gasteiger partial charge in [-0.2, -0.15) is 0 Å². The molecular weight excluding hydrogens is 525 g/mol. The van der Waals surface area contributed by atoms with E-state index in [9.17, 15) is 4.57 Å². The van der Waals surface area contributed by atoms with E-state index in [1.807, 2.05) is 72.4 Å². The van der Waals surface area contributed by atoms with E-state index in [2.05, 4.69) is 103 Å². The Labute approximate surface area is 243 Å². The summed E-state index contributed by atoms with van der Waals surface area (Å²) < 4.78 is 14.2. The van der Waals surface area contributed by atoms with Gasteiger partial charge in [0.1, 0.15) is 7.14 Å². The average Bonchev–Trinajstić information content (AvgIpc) is 3.04.